The summed E-state index contributed by atoms with van der Waals surface area (Å²) in [7, 11) is 0. The van der Waals surface area contributed by atoms with Crippen molar-refractivity contribution >= 4 is 39.9 Å². The molecule has 4 nitrogen and oxygen atoms in total. The van der Waals surface area contributed by atoms with Crippen LogP contribution in [0.3, 0.4) is 0 Å². The second kappa shape index (κ2) is 6.83. The van der Waals surface area contributed by atoms with Gasteiger partial charge in [-0.25, -0.2) is 4.39 Å². The Morgan fingerprint density at radius 2 is 2.18 bits per heavy atom. The van der Waals surface area contributed by atoms with E-state index in [1.165, 1.54) is 12.1 Å². The highest BCUT2D eigenvalue weighted by Gasteiger charge is 2.62. The maximum absolute atomic E-state index is 13.7. The molecule has 1 aromatic rings. The van der Waals surface area contributed by atoms with Gasteiger partial charge in [0.05, 0.1) is 11.8 Å². The summed E-state index contributed by atoms with van der Waals surface area (Å²) in [6, 6.07) is 4.38. The van der Waals surface area contributed by atoms with Crippen molar-refractivity contribution in [3.8, 4) is 0 Å². The number of hydrogen-bond acceptors (Lipinski definition) is 3. The van der Waals surface area contributed by atoms with Gasteiger partial charge >= 0.3 is 0 Å². The van der Waals surface area contributed by atoms with Crippen molar-refractivity contribution in [1.82, 2.24) is 0 Å². The van der Waals surface area contributed by atoms with E-state index in [9.17, 15) is 9.18 Å². The van der Waals surface area contributed by atoms with E-state index < -0.39 is 16.8 Å². The minimum atomic E-state index is -1.07. The smallest absolute Gasteiger partial charge is 0.245 e. The Morgan fingerprint density at radius 3 is 2.73 bits per heavy atom. The number of ether oxygens (including phenoxy) is 1. The predicted octanol–water partition coefficient (Wildman–Crippen LogP) is 3.48. The Kier molecular flexibility index (Phi) is 6.01. The molecule has 7 heteroatoms. The first kappa shape index (κ1) is 19.4. The third-order valence-electron chi connectivity index (χ3n) is 4.41. The van der Waals surface area contributed by atoms with Gasteiger partial charge in [-0.1, -0.05) is 29.8 Å². The molecule has 22 heavy (non-hydrogen) atoms. The highest BCUT2D eigenvalue weighted by Crippen LogP contribution is 2.50. The van der Waals surface area contributed by atoms with E-state index in [0.29, 0.717) is 17.5 Å². The molecule has 1 aliphatic rings. The number of nitrogens with one attached hydrogen (secondary N) is 1. The second-order valence-corrected chi connectivity index (χ2v) is 6.84. The lowest BCUT2D eigenvalue weighted by atomic mass is 9.54. The van der Waals surface area contributed by atoms with Gasteiger partial charge < -0.3 is 15.8 Å². The van der Waals surface area contributed by atoms with Gasteiger partial charge in [0.15, 0.2) is 0 Å². The fourth-order valence-corrected chi connectivity index (χ4v) is 3.01. The standard InChI is InChI=1S/C15H20BrFN2O2.ClH/c1-4-21-12-8-15(18,14(12,2)3)13(20)19-11-7-9(16)5-6-10(11)17;/h5-7,12H,4,8,18H2,1-3H3,(H,19,20);1H. The van der Waals surface area contributed by atoms with Gasteiger partial charge in [-0.3, -0.25) is 4.79 Å². The Labute approximate surface area is 144 Å². The normalized spacial score (nSPS) is 25.8. The van der Waals surface area contributed by atoms with Gasteiger partial charge in [-0.05, 0) is 25.1 Å². The number of amides is 1. The summed E-state index contributed by atoms with van der Waals surface area (Å²) in [5, 5.41) is 2.59. The topological polar surface area (TPSA) is 64.3 Å². The van der Waals surface area contributed by atoms with Crippen molar-refractivity contribution in [2.45, 2.75) is 38.8 Å². The molecule has 1 aromatic carbocycles. The lowest BCUT2D eigenvalue weighted by Crippen LogP contribution is -2.74. The molecule has 124 valence electrons. The summed E-state index contributed by atoms with van der Waals surface area (Å²) < 4.78 is 20.0. The SMILES string of the molecule is CCOC1CC(N)(C(=O)Nc2cc(Br)ccc2F)C1(C)C.Cl. The first-order valence-corrected chi connectivity index (χ1v) is 7.68. The van der Waals surface area contributed by atoms with Crippen molar-refractivity contribution in [3.05, 3.63) is 28.5 Å². The molecule has 1 aliphatic carbocycles. The first-order valence-electron chi connectivity index (χ1n) is 6.89. The summed E-state index contributed by atoms with van der Waals surface area (Å²) in [6.07, 6.45) is 0.362. The van der Waals surface area contributed by atoms with E-state index in [-0.39, 0.29) is 30.1 Å². The third kappa shape index (κ3) is 3.15. The molecular weight excluding hydrogens is 375 g/mol. The fraction of sp³-hybridized carbons (Fsp3) is 0.533. The van der Waals surface area contributed by atoms with Crippen LogP contribution in [0.4, 0.5) is 10.1 Å². The minimum absolute atomic E-state index is 0. The van der Waals surface area contributed by atoms with Crippen LogP contribution in [0.5, 0.6) is 0 Å². The highest BCUT2D eigenvalue weighted by atomic mass is 79.9. The van der Waals surface area contributed by atoms with Crippen LogP contribution in [0.1, 0.15) is 27.2 Å². The van der Waals surface area contributed by atoms with Gasteiger partial charge in [0, 0.05) is 22.9 Å². The van der Waals surface area contributed by atoms with Crippen molar-refractivity contribution in [3.63, 3.8) is 0 Å². The molecule has 0 aromatic heterocycles. The van der Waals surface area contributed by atoms with Crippen LogP contribution in [0.25, 0.3) is 0 Å². The molecule has 2 rings (SSSR count). The van der Waals surface area contributed by atoms with Crippen LogP contribution in [-0.4, -0.2) is 24.2 Å². The first-order chi connectivity index (χ1) is 9.72. The van der Waals surface area contributed by atoms with E-state index in [4.69, 9.17) is 10.5 Å². The van der Waals surface area contributed by atoms with Crippen LogP contribution in [0.2, 0.25) is 0 Å². The highest BCUT2D eigenvalue weighted by molar-refractivity contribution is 9.10. The number of rotatable bonds is 4. The summed E-state index contributed by atoms with van der Waals surface area (Å²) >= 11 is 3.25. The number of nitrogens with two attached hydrogens (primary N) is 1. The summed E-state index contributed by atoms with van der Waals surface area (Å²) in [5.74, 6) is -0.880. The Balaban J connectivity index is 0.00000242. The van der Waals surface area contributed by atoms with Gasteiger partial charge in [0.1, 0.15) is 11.4 Å². The van der Waals surface area contributed by atoms with Crippen molar-refractivity contribution in [2.24, 2.45) is 11.1 Å². The predicted molar refractivity (Wildman–Crippen MR) is 90.7 cm³/mol. The van der Waals surface area contributed by atoms with Crippen LogP contribution < -0.4 is 11.1 Å². The molecule has 3 N–H and O–H groups in total. The molecule has 0 spiro atoms. The molecule has 0 radical (unpaired) electrons. The lowest BCUT2D eigenvalue weighted by molar-refractivity contribution is -0.166. The summed E-state index contributed by atoms with van der Waals surface area (Å²) in [4.78, 5) is 12.5. The zero-order chi connectivity index (χ0) is 15.8. The largest absolute Gasteiger partial charge is 0.378 e. The number of carbonyl (C=O) groups excluding carboxylic acids is 1. The van der Waals surface area contributed by atoms with Crippen LogP contribution >= 0.6 is 28.3 Å². The van der Waals surface area contributed by atoms with Gasteiger partial charge in [-0.15, -0.1) is 12.4 Å². The van der Waals surface area contributed by atoms with E-state index in [2.05, 4.69) is 21.2 Å². The lowest BCUT2D eigenvalue weighted by Gasteiger charge is -2.57. The molecule has 0 bridgehead atoms. The van der Waals surface area contributed by atoms with Crippen LogP contribution in [-0.2, 0) is 9.53 Å². The zero-order valence-corrected chi connectivity index (χ0v) is 15.2. The van der Waals surface area contributed by atoms with Gasteiger partial charge in [0.2, 0.25) is 5.91 Å². The van der Waals surface area contributed by atoms with E-state index >= 15 is 0 Å². The minimum Gasteiger partial charge on any atom is -0.378 e. The summed E-state index contributed by atoms with van der Waals surface area (Å²) in [5.41, 5.74) is 4.80. The van der Waals surface area contributed by atoms with Crippen molar-refractivity contribution in [1.29, 1.82) is 0 Å². The Hall–Kier alpha value is -0.690. The Morgan fingerprint density at radius 1 is 1.55 bits per heavy atom. The average molecular weight is 396 g/mol. The molecular formula is C15H21BrClFN2O2. The van der Waals surface area contributed by atoms with E-state index in [0.717, 1.165) is 0 Å². The van der Waals surface area contributed by atoms with Crippen molar-refractivity contribution < 1.29 is 13.9 Å². The third-order valence-corrected chi connectivity index (χ3v) is 4.90. The molecule has 0 saturated heterocycles. The van der Waals surface area contributed by atoms with E-state index in [1.807, 2.05) is 20.8 Å². The van der Waals surface area contributed by atoms with Crippen LogP contribution in [0, 0.1) is 11.2 Å². The molecule has 1 saturated carbocycles. The number of carbonyl (C=O) groups is 1. The molecule has 2 atom stereocenters. The van der Waals surface area contributed by atoms with Crippen LogP contribution in [0.15, 0.2) is 22.7 Å². The maximum atomic E-state index is 13.7. The quantitative estimate of drug-likeness (QED) is 0.820. The summed E-state index contributed by atoms with van der Waals surface area (Å²) in [6.45, 7) is 6.27. The number of benzene rings is 1. The number of hydrogen-bond donors (Lipinski definition) is 2. The maximum Gasteiger partial charge on any atom is 0.245 e. The van der Waals surface area contributed by atoms with Gasteiger partial charge in [0.25, 0.3) is 0 Å². The van der Waals surface area contributed by atoms with Crippen molar-refractivity contribution in [2.75, 3.05) is 11.9 Å². The molecule has 2 unspecified atom stereocenters. The Bertz CT molecular complexity index is 570. The molecule has 0 aliphatic heterocycles. The fourth-order valence-electron chi connectivity index (χ4n) is 2.65. The number of halogens is 3. The number of anilines is 1. The zero-order valence-electron chi connectivity index (χ0n) is 12.8. The molecule has 0 heterocycles. The second-order valence-electron chi connectivity index (χ2n) is 5.92. The molecule has 1 amide bonds. The van der Waals surface area contributed by atoms with E-state index in [1.54, 1.807) is 6.07 Å². The molecule has 1 fully saturated rings. The van der Waals surface area contributed by atoms with Gasteiger partial charge in [-0.2, -0.15) is 0 Å². The monoisotopic (exact) mass is 394 g/mol. The average Bonchev–Trinajstić information content (AvgIpc) is 2.42.